The lowest BCUT2D eigenvalue weighted by atomic mass is 10.0. The summed E-state index contributed by atoms with van der Waals surface area (Å²) in [5.74, 6) is 1.14. The Balaban J connectivity index is 1.77. The van der Waals surface area contributed by atoms with Gasteiger partial charge < -0.3 is 10.1 Å². The van der Waals surface area contributed by atoms with E-state index in [0.29, 0.717) is 36.8 Å². The highest BCUT2D eigenvalue weighted by Gasteiger charge is 2.30. The van der Waals surface area contributed by atoms with Crippen LogP contribution in [-0.4, -0.2) is 60.8 Å². The Labute approximate surface area is 156 Å². The zero-order chi connectivity index (χ0) is 17.8. The second kappa shape index (κ2) is 8.68. The van der Waals surface area contributed by atoms with Gasteiger partial charge in [0.05, 0.1) is 24.8 Å². The van der Waals surface area contributed by atoms with Crippen molar-refractivity contribution in [3.8, 4) is 0 Å². The number of carbonyl (C=O) groups is 1. The average molecular weight is 388 g/mol. The van der Waals surface area contributed by atoms with Gasteiger partial charge in [0.15, 0.2) is 0 Å². The number of morpholine rings is 1. The monoisotopic (exact) mass is 387 g/mol. The van der Waals surface area contributed by atoms with E-state index in [0.717, 1.165) is 11.6 Å². The molecule has 2 saturated heterocycles. The highest BCUT2D eigenvalue weighted by molar-refractivity contribution is 7.99. The van der Waals surface area contributed by atoms with Gasteiger partial charge in [0, 0.05) is 41.8 Å². The van der Waals surface area contributed by atoms with Crippen molar-refractivity contribution in [2.75, 3.05) is 37.9 Å². The summed E-state index contributed by atoms with van der Waals surface area (Å²) in [4.78, 5) is 14.5. The van der Waals surface area contributed by atoms with Gasteiger partial charge in [0.2, 0.25) is 5.91 Å². The van der Waals surface area contributed by atoms with Crippen LogP contribution in [0.1, 0.15) is 18.5 Å². The Kier molecular flexibility index (Phi) is 6.57. The molecule has 138 valence electrons. The molecule has 1 amide bonds. The van der Waals surface area contributed by atoms with Crippen LogP contribution in [-0.2, 0) is 9.53 Å². The van der Waals surface area contributed by atoms with Gasteiger partial charge in [-0.15, -0.1) is 11.8 Å². The minimum atomic E-state index is -0.347. The van der Waals surface area contributed by atoms with Crippen LogP contribution in [0.2, 0.25) is 5.02 Å². The summed E-state index contributed by atoms with van der Waals surface area (Å²) >= 11 is 7.99. The number of hydrogen-bond donors (Lipinski definition) is 2. The molecule has 0 spiro atoms. The summed E-state index contributed by atoms with van der Waals surface area (Å²) in [6.45, 7) is 4.23. The van der Waals surface area contributed by atoms with Crippen LogP contribution < -0.4 is 10.6 Å². The van der Waals surface area contributed by atoms with Gasteiger partial charge in [0.1, 0.15) is 5.82 Å². The number of thioether (sulfide) groups is 1. The molecule has 2 aliphatic rings. The van der Waals surface area contributed by atoms with E-state index in [9.17, 15) is 9.18 Å². The van der Waals surface area contributed by atoms with Gasteiger partial charge in [-0.1, -0.05) is 17.7 Å². The summed E-state index contributed by atoms with van der Waals surface area (Å²) < 4.78 is 20.1. The van der Waals surface area contributed by atoms with Crippen LogP contribution in [0.25, 0.3) is 0 Å². The molecular weight excluding hydrogens is 365 g/mol. The zero-order valence-corrected chi connectivity index (χ0v) is 15.7. The van der Waals surface area contributed by atoms with E-state index in [4.69, 9.17) is 16.3 Å². The van der Waals surface area contributed by atoms with Crippen molar-refractivity contribution in [3.63, 3.8) is 0 Å². The molecule has 5 nitrogen and oxygen atoms in total. The number of hydrogen-bond acceptors (Lipinski definition) is 5. The Hall–Kier alpha value is -0.860. The summed E-state index contributed by atoms with van der Waals surface area (Å²) in [6, 6.07) is 4.19. The standard InChI is InChI=1S/C17H23ClFN3O2S/c1-11-8-22(5-6-24-11)15(16-12(18)3-2-4-13(16)19)7-20-17(23)14-9-25-10-21-14/h2-4,11,14-15,21H,5-10H2,1H3,(H,20,23)/t11-,14+,15+/m1/s1. The number of carbonyl (C=O) groups excluding carboxylic acids is 1. The summed E-state index contributed by atoms with van der Waals surface area (Å²) in [5, 5.41) is 6.50. The van der Waals surface area contributed by atoms with Gasteiger partial charge in [-0.2, -0.15) is 0 Å². The molecule has 8 heteroatoms. The fourth-order valence-corrected chi connectivity index (χ4v) is 4.49. The molecule has 3 atom stereocenters. The summed E-state index contributed by atoms with van der Waals surface area (Å²) in [7, 11) is 0. The lowest BCUT2D eigenvalue weighted by Gasteiger charge is -2.38. The first-order valence-corrected chi connectivity index (χ1v) is 9.98. The van der Waals surface area contributed by atoms with Crippen LogP contribution in [0.3, 0.4) is 0 Å². The third kappa shape index (κ3) is 4.65. The van der Waals surface area contributed by atoms with Crippen molar-refractivity contribution in [1.82, 2.24) is 15.5 Å². The second-order valence-corrected chi connectivity index (χ2v) is 7.78. The normalized spacial score (nSPS) is 25.7. The predicted octanol–water partition coefficient (Wildman–Crippen LogP) is 2.02. The maximum absolute atomic E-state index is 14.5. The molecule has 1 aromatic carbocycles. The van der Waals surface area contributed by atoms with Crippen molar-refractivity contribution in [3.05, 3.63) is 34.6 Å². The molecule has 3 rings (SSSR count). The Morgan fingerprint density at radius 1 is 1.60 bits per heavy atom. The molecule has 0 saturated carbocycles. The largest absolute Gasteiger partial charge is 0.376 e. The van der Waals surface area contributed by atoms with E-state index < -0.39 is 0 Å². The van der Waals surface area contributed by atoms with Gasteiger partial charge in [0.25, 0.3) is 0 Å². The molecule has 2 aliphatic heterocycles. The predicted molar refractivity (Wildman–Crippen MR) is 98.4 cm³/mol. The highest BCUT2D eigenvalue weighted by Crippen LogP contribution is 2.31. The first kappa shape index (κ1) is 18.9. The van der Waals surface area contributed by atoms with E-state index in [2.05, 4.69) is 15.5 Å². The van der Waals surface area contributed by atoms with Crippen molar-refractivity contribution in [1.29, 1.82) is 0 Å². The molecular formula is C17H23ClFN3O2S. The Morgan fingerprint density at radius 2 is 2.44 bits per heavy atom. The molecule has 0 aliphatic carbocycles. The van der Waals surface area contributed by atoms with Crippen LogP contribution in [0.5, 0.6) is 0 Å². The molecule has 25 heavy (non-hydrogen) atoms. The molecule has 1 aromatic rings. The quantitative estimate of drug-likeness (QED) is 0.809. The van der Waals surface area contributed by atoms with Crippen molar-refractivity contribution in [2.24, 2.45) is 0 Å². The number of rotatable bonds is 5. The molecule has 0 bridgehead atoms. The van der Waals surface area contributed by atoms with Crippen LogP contribution in [0.15, 0.2) is 18.2 Å². The van der Waals surface area contributed by atoms with E-state index in [1.165, 1.54) is 6.07 Å². The van der Waals surface area contributed by atoms with Gasteiger partial charge >= 0.3 is 0 Å². The van der Waals surface area contributed by atoms with Gasteiger partial charge in [-0.3, -0.25) is 15.0 Å². The number of halogens is 2. The molecule has 0 aromatic heterocycles. The second-order valence-electron chi connectivity index (χ2n) is 6.34. The molecule has 2 heterocycles. The van der Waals surface area contributed by atoms with Crippen LogP contribution in [0, 0.1) is 5.82 Å². The lowest BCUT2D eigenvalue weighted by Crippen LogP contribution is -2.49. The Bertz CT molecular complexity index is 595. The third-order valence-corrected chi connectivity index (χ3v) is 5.82. The fraction of sp³-hybridized carbons (Fsp3) is 0.588. The topological polar surface area (TPSA) is 53.6 Å². The maximum atomic E-state index is 14.5. The lowest BCUT2D eigenvalue weighted by molar-refractivity contribution is -0.122. The van der Waals surface area contributed by atoms with E-state index in [1.807, 2.05) is 6.92 Å². The zero-order valence-electron chi connectivity index (χ0n) is 14.1. The first-order chi connectivity index (χ1) is 12.1. The number of nitrogens with one attached hydrogen (secondary N) is 2. The SMILES string of the molecule is C[C@@H]1CN([C@@H](CNC(=O)[C@@H]2CSCN2)c2c(F)cccc2Cl)CCO1. The summed E-state index contributed by atoms with van der Waals surface area (Å²) in [6.07, 6.45) is 0.0606. The number of amides is 1. The minimum absolute atomic E-state index is 0.0521. The molecule has 0 unspecified atom stereocenters. The highest BCUT2D eigenvalue weighted by atomic mass is 35.5. The molecule has 0 radical (unpaired) electrons. The van der Waals surface area contributed by atoms with E-state index >= 15 is 0 Å². The Morgan fingerprint density at radius 3 is 3.12 bits per heavy atom. The van der Waals surface area contributed by atoms with E-state index in [1.54, 1.807) is 23.9 Å². The number of nitrogens with zero attached hydrogens (tertiary/aromatic N) is 1. The van der Waals surface area contributed by atoms with Crippen LogP contribution >= 0.6 is 23.4 Å². The van der Waals surface area contributed by atoms with Crippen LogP contribution in [0.4, 0.5) is 4.39 Å². The van der Waals surface area contributed by atoms with Crippen molar-refractivity contribution in [2.45, 2.75) is 25.1 Å². The third-order valence-electron chi connectivity index (χ3n) is 4.55. The minimum Gasteiger partial charge on any atom is -0.376 e. The molecule has 2 fully saturated rings. The van der Waals surface area contributed by atoms with Gasteiger partial charge in [-0.05, 0) is 19.1 Å². The van der Waals surface area contributed by atoms with Crippen molar-refractivity contribution < 1.29 is 13.9 Å². The van der Waals surface area contributed by atoms with E-state index in [-0.39, 0.29) is 29.9 Å². The molecule has 2 N–H and O–H groups in total. The first-order valence-electron chi connectivity index (χ1n) is 8.44. The van der Waals surface area contributed by atoms with Crippen molar-refractivity contribution >= 4 is 29.3 Å². The number of ether oxygens (including phenoxy) is 1. The average Bonchev–Trinajstić information content (AvgIpc) is 3.12. The number of benzene rings is 1. The maximum Gasteiger partial charge on any atom is 0.238 e. The summed E-state index contributed by atoms with van der Waals surface area (Å²) in [5.41, 5.74) is 0.437. The smallest absolute Gasteiger partial charge is 0.238 e. The fourth-order valence-electron chi connectivity index (χ4n) is 3.26. The van der Waals surface area contributed by atoms with Gasteiger partial charge in [-0.25, -0.2) is 4.39 Å².